The molecule has 0 unspecified atom stereocenters. The maximum atomic E-state index is 11.8. The van der Waals surface area contributed by atoms with Crippen LogP contribution in [0.1, 0.15) is 17.7 Å². The zero-order chi connectivity index (χ0) is 17.5. The molecule has 0 aliphatic rings. The maximum absolute atomic E-state index is 11.8. The number of nitrogens with zero attached hydrogens (tertiary/aromatic N) is 1. The van der Waals surface area contributed by atoms with E-state index in [9.17, 15) is 4.79 Å². The number of aryl methyl sites for hydroxylation is 1. The highest BCUT2D eigenvalue weighted by molar-refractivity contribution is 9.10. The first-order valence-electron chi connectivity index (χ1n) is 7.92. The normalized spacial score (nSPS) is 10.9. The number of benzene rings is 2. The first-order valence-corrected chi connectivity index (χ1v) is 8.71. The lowest BCUT2D eigenvalue weighted by atomic mass is 10.1. The van der Waals surface area contributed by atoms with Crippen LogP contribution in [-0.4, -0.2) is 12.1 Å². The Kier molecular flexibility index (Phi) is 5.80. The Hall–Kier alpha value is -2.66. The molecule has 5 heteroatoms. The van der Waals surface area contributed by atoms with Crippen molar-refractivity contribution < 1.29 is 9.21 Å². The third-order valence-electron chi connectivity index (χ3n) is 3.62. The first-order chi connectivity index (χ1) is 12.2. The fraction of sp³-hybridized carbons (Fsp3) is 0.100. The number of hydrogen-bond acceptors (Lipinski definition) is 3. The molecule has 0 aliphatic heterocycles. The standard InChI is InChI=1S/C20H17BrN2O2/c21-17-9-7-16(8-10-17)19-12-11-18(25-19)14-22-23-20(24)13-6-15-4-2-1-3-5-15/h1-5,7-12,14H,6,13H2,(H,23,24)/b22-14+. The van der Waals surface area contributed by atoms with Gasteiger partial charge in [0.15, 0.2) is 0 Å². The zero-order valence-corrected chi connectivity index (χ0v) is 15.1. The highest BCUT2D eigenvalue weighted by Gasteiger charge is 2.04. The van der Waals surface area contributed by atoms with Crippen LogP contribution in [0.25, 0.3) is 11.3 Å². The van der Waals surface area contributed by atoms with E-state index in [4.69, 9.17) is 4.42 Å². The van der Waals surface area contributed by atoms with Gasteiger partial charge in [0.25, 0.3) is 0 Å². The van der Waals surface area contributed by atoms with Crippen LogP contribution in [0.15, 0.2) is 80.7 Å². The van der Waals surface area contributed by atoms with Crippen molar-refractivity contribution in [3.05, 3.63) is 82.5 Å². The number of hydrazone groups is 1. The molecular formula is C20H17BrN2O2. The van der Waals surface area contributed by atoms with Gasteiger partial charge < -0.3 is 4.42 Å². The lowest BCUT2D eigenvalue weighted by Crippen LogP contribution is -2.17. The van der Waals surface area contributed by atoms with E-state index < -0.39 is 0 Å². The minimum atomic E-state index is -0.125. The van der Waals surface area contributed by atoms with E-state index in [1.165, 1.54) is 6.21 Å². The Morgan fingerprint density at radius 1 is 1.04 bits per heavy atom. The van der Waals surface area contributed by atoms with Crippen LogP contribution >= 0.6 is 15.9 Å². The lowest BCUT2D eigenvalue weighted by molar-refractivity contribution is -0.121. The minimum absolute atomic E-state index is 0.125. The van der Waals surface area contributed by atoms with Crippen LogP contribution in [0.3, 0.4) is 0 Å². The zero-order valence-electron chi connectivity index (χ0n) is 13.5. The van der Waals surface area contributed by atoms with Crippen LogP contribution in [0.2, 0.25) is 0 Å². The number of halogens is 1. The molecule has 126 valence electrons. The van der Waals surface area contributed by atoms with Gasteiger partial charge in [0.2, 0.25) is 5.91 Å². The Labute approximate surface area is 154 Å². The number of furan rings is 1. The monoisotopic (exact) mass is 396 g/mol. The second kappa shape index (κ2) is 8.44. The fourth-order valence-corrected chi connectivity index (χ4v) is 2.58. The first kappa shape index (κ1) is 17.2. The molecule has 3 aromatic rings. The predicted octanol–water partition coefficient (Wildman–Crippen LogP) is 4.79. The van der Waals surface area contributed by atoms with Gasteiger partial charge in [-0.1, -0.05) is 58.4 Å². The Morgan fingerprint density at radius 2 is 1.80 bits per heavy atom. The molecule has 0 saturated heterocycles. The van der Waals surface area contributed by atoms with Crippen LogP contribution < -0.4 is 5.43 Å². The molecule has 0 saturated carbocycles. The van der Waals surface area contributed by atoms with E-state index in [-0.39, 0.29) is 5.91 Å². The summed E-state index contributed by atoms with van der Waals surface area (Å²) < 4.78 is 6.72. The lowest BCUT2D eigenvalue weighted by Gasteiger charge is -2.00. The third kappa shape index (κ3) is 5.16. The quantitative estimate of drug-likeness (QED) is 0.480. The number of carbonyl (C=O) groups is 1. The van der Waals surface area contributed by atoms with E-state index in [1.807, 2.05) is 66.7 Å². The molecule has 25 heavy (non-hydrogen) atoms. The molecule has 0 spiro atoms. The Balaban J connectivity index is 1.50. The van der Waals surface area contributed by atoms with Gasteiger partial charge in [0.1, 0.15) is 11.5 Å². The van der Waals surface area contributed by atoms with Gasteiger partial charge in [-0.3, -0.25) is 4.79 Å². The van der Waals surface area contributed by atoms with Gasteiger partial charge >= 0.3 is 0 Å². The summed E-state index contributed by atoms with van der Waals surface area (Å²) in [6.45, 7) is 0. The van der Waals surface area contributed by atoms with Crippen molar-refractivity contribution in [1.82, 2.24) is 5.43 Å². The van der Waals surface area contributed by atoms with Crippen molar-refractivity contribution >= 4 is 28.1 Å². The molecule has 0 aliphatic carbocycles. The average molecular weight is 397 g/mol. The fourth-order valence-electron chi connectivity index (χ4n) is 2.32. The molecule has 0 bridgehead atoms. The van der Waals surface area contributed by atoms with E-state index in [2.05, 4.69) is 26.5 Å². The second-order valence-corrected chi connectivity index (χ2v) is 6.40. The van der Waals surface area contributed by atoms with Crippen molar-refractivity contribution in [2.75, 3.05) is 0 Å². The minimum Gasteiger partial charge on any atom is -0.455 e. The average Bonchev–Trinajstić information content (AvgIpc) is 3.10. The van der Waals surface area contributed by atoms with Crippen LogP contribution in [0.4, 0.5) is 0 Å². The Morgan fingerprint density at radius 3 is 2.56 bits per heavy atom. The van der Waals surface area contributed by atoms with Crippen molar-refractivity contribution in [1.29, 1.82) is 0 Å². The molecule has 1 N–H and O–H groups in total. The summed E-state index contributed by atoms with van der Waals surface area (Å²) in [4.78, 5) is 11.8. The summed E-state index contributed by atoms with van der Waals surface area (Å²) in [7, 11) is 0. The molecular weight excluding hydrogens is 380 g/mol. The summed E-state index contributed by atoms with van der Waals surface area (Å²) in [5.74, 6) is 1.21. The molecule has 0 fully saturated rings. The number of carbonyl (C=O) groups excluding carboxylic acids is 1. The largest absolute Gasteiger partial charge is 0.455 e. The third-order valence-corrected chi connectivity index (χ3v) is 4.15. The van der Waals surface area contributed by atoms with Gasteiger partial charge in [-0.25, -0.2) is 5.43 Å². The summed E-state index contributed by atoms with van der Waals surface area (Å²) in [6, 6.07) is 21.4. The molecule has 1 heterocycles. The van der Waals surface area contributed by atoms with Crippen molar-refractivity contribution in [3.63, 3.8) is 0 Å². The molecule has 0 atom stereocenters. The van der Waals surface area contributed by atoms with Crippen LogP contribution in [0, 0.1) is 0 Å². The number of hydrogen-bond donors (Lipinski definition) is 1. The summed E-state index contributed by atoms with van der Waals surface area (Å²) in [6.07, 6.45) is 2.59. The smallest absolute Gasteiger partial charge is 0.240 e. The van der Waals surface area contributed by atoms with Gasteiger partial charge in [-0.15, -0.1) is 0 Å². The number of amides is 1. The van der Waals surface area contributed by atoms with Gasteiger partial charge in [0, 0.05) is 16.5 Å². The van der Waals surface area contributed by atoms with Gasteiger partial charge in [-0.2, -0.15) is 5.10 Å². The van der Waals surface area contributed by atoms with Gasteiger partial charge in [-0.05, 0) is 36.2 Å². The summed E-state index contributed by atoms with van der Waals surface area (Å²) >= 11 is 3.41. The molecule has 1 aromatic heterocycles. The topological polar surface area (TPSA) is 54.6 Å². The van der Waals surface area contributed by atoms with E-state index in [0.717, 1.165) is 21.4 Å². The van der Waals surface area contributed by atoms with E-state index >= 15 is 0 Å². The molecule has 2 aromatic carbocycles. The molecule has 0 radical (unpaired) electrons. The second-order valence-electron chi connectivity index (χ2n) is 5.49. The molecule has 4 nitrogen and oxygen atoms in total. The van der Waals surface area contributed by atoms with Crippen molar-refractivity contribution in [2.45, 2.75) is 12.8 Å². The summed E-state index contributed by atoms with van der Waals surface area (Å²) in [5.41, 5.74) is 4.63. The van der Waals surface area contributed by atoms with Crippen LogP contribution in [-0.2, 0) is 11.2 Å². The van der Waals surface area contributed by atoms with Gasteiger partial charge in [0.05, 0.1) is 6.21 Å². The predicted molar refractivity (Wildman–Crippen MR) is 102 cm³/mol. The number of rotatable bonds is 6. The van der Waals surface area contributed by atoms with Crippen molar-refractivity contribution in [2.24, 2.45) is 5.10 Å². The SMILES string of the molecule is O=C(CCc1ccccc1)N/N=C/c1ccc(-c2ccc(Br)cc2)o1. The summed E-state index contributed by atoms with van der Waals surface area (Å²) in [5, 5.41) is 3.95. The Bertz CT molecular complexity index is 855. The van der Waals surface area contributed by atoms with E-state index in [1.54, 1.807) is 0 Å². The van der Waals surface area contributed by atoms with E-state index in [0.29, 0.717) is 18.6 Å². The van der Waals surface area contributed by atoms with Crippen LogP contribution in [0.5, 0.6) is 0 Å². The number of nitrogens with one attached hydrogen (secondary N) is 1. The highest BCUT2D eigenvalue weighted by Crippen LogP contribution is 2.23. The maximum Gasteiger partial charge on any atom is 0.240 e. The highest BCUT2D eigenvalue weighted by atomic mass is 79.9. The molecule has 3 rings (SSSR count). The molecule has 1 amide bonds. The van der Waals surface area contributed by atoms with Crippen molar-refractivity contribution in [3.8, 4) is 11.3 Å².